The maximum Gasteiger partial charge on any atom is 0.193 e. The van der Waals surface area contributed by atoms with Gasteiger partial charge in [0.15, 0.2) is 17.5 Å². The summed E-state index contributed by atoms with van der Waals surface area (Å²) in [7, 11) is 3.32. The molecule has 1 saturated heterocycles. The van der Waals surface area contributed by atoms with Crippen molar-refractivity contribution in [3.63, 3.8) is 0 Å². The molecule has 150 valence electrons. The number of likely N-dealkylation sites (tertiary alicyclic amines) is 1. The molecule has 1 unspecified atom stereocenters. The third-order valence-electron chi connectivity index (χ3n) is 5.20. The monoisotopic (exact) mass is 381 g/mol. The number of nitrogens with one attached hydrogen (secondary N) is 1. The van der Waals surface area contributed by atoms with Crippen molar-refractivity contribution < 1.29 is 9.47 Å². The Morgan fingerprint density at radius 2 is 1.89 bits per heavy atom. The zero-order valence-electron chi connectivity index (χ0n) is 17.1. The van der Waals surface area contributed by atoms with Crippen molar-refractivity contribution in [3.8, 4) is 11.5 Å². The van der Waals surface area contributed by atoms with Crippen LogP contribution in [0, 0.1) is 0 Å². The molecule has 1 aliphatic rings. The van der Waals surface area contributed by atoms with Crippen LogP contribution in [0.4, 0.5) is 0 Å². The van der Waals surface area contributed by atoms with Crippen LogP contribution >= 0.6 is 0 Å². The van der Waals surface area contributed by atoms with Gasteiger partial charge in [-0.25, -0.2) is 0 Å². The van der Waals surface area contributed by atoms with E-state index in [0.29, 0.717) is 5.92 Å². The Morgan fingerprint density at radius 3 is 2.61 bits per heavy atom. The molecule has 0 saturated carbocycles. The van der Waals surface area contributed by atoms with E-state index < -0.39 is 0 Å². The van der Waals surface area contributed by atoms with Crippen LogP contribution < -0.4 is 14.8 Å². The zero-order chi connectivity index (χ0) is 19.8. The summed E-state index contributed by atoms with van der Waals surface area (Å²) in [4.78, 5) is 7.26. The Kier molecular flexibility index (Phi) is 7.18. The van der Waals surface area contributed by atoms with Gasteiger partial charge in [0.2, 0.25) is 0 Å². The number of nitrogens with zero attached hydrogens (tertiary/aromatic N) is 2. The van der Waals surface area contributed by atoms with Gasteiger partial charge in [-0.2, -0.15) is 0 Å². The third-order valence-corrected chi connectivity index (χ3v) is 5.20. The van der Waals surface area contributed by atoms with E-state index in [0.717, 1.165) is 50.1 Å². The Bertz CT molecular complexity index is 777. The molecule has 0 aromatic heterocycles. The van der Waals surface area contributed by atoms with Gasteiger partial charge in [0.1, 0.15) is 0 Å². The normalized spacial score (nSPS) is 16.9. The Labute approximate surface area is 168 Å². The van der Waals surface area contributed by atoms with Gasteiger partial charge in [0, 0.05) is 32.1 Å². The van der Waals surface area contributed by atoms with E-state index >= 15 is 0 Å². The minimum atomic E-state index is 0.580. The maximum atomic E-state index is 5.40. The Morgan fingerprint density at radius 1 is 1.11 bits per heavy atom. The summed E-state index contributed by atoms with van der Waals surface area (Å²) in [5.74, 6) is 3.12. The minimum absolute atomic E-state index is 0.580. The van der Waals surface area contributed by atoms with Gasteiger partial charge >= 0.3 is 0 Å². The fourth-order valence-corrected chi connectivity index (χ4v) is 3.70. The van der Waals surface area contributed by atoms with Gasteiger partial charge in [0.25, 0.3) is 0 Å². The fraction of sp³-hybridized carbons (Fsp3) is 0.435. The van der Waals surface area contributed by atoms with E-state index in [1.807, 2.05) is 12.1 Å². The van der Waals surface area contributed by atoms with Crippen molar-refractivity contribution in [1.82, 2.24) is 10.2 Å². The van der Waals surface area contributed by atoms with Crippen molar-refractivity contribution in [2.75, 3.05) is 40.4 Å². The molecule has 1 heterocycles. The van der Waals surface area contributed by atoms with Crippen LogP contribution in [-0.2, 0) is 6.42 Å². The van der Waals surface area contributed by atoms with Crippen LogP contribution in [0.3, 0.4) is 0 Å². The van der Waals surface area contributed by atoms with Crippen LogP contribution in [0.2, 0.25) is 0 Å². The number of aliphatic imine (C=N–C) groups is 1. The Balaban J connectivity index is 1.62. The Hall–Kier alpha value is -2.69. The third kappa shape index (κ3) is 4.97. The maximum absolute atomic E-state index is 5.40. The van der Waals surface area contributed by atoms with E-state index in [1.54, 1.807) is 14.2 Å². The van der Waals surface area contributed by atoms with E-state index in [2.05, 4.69) is 53.5 Å². The molecule has 1 fully saturated rings. The van der Waals surface area contributed by atoms with Crippen LogP contribution in [0.25, 0.3) is 0 Å². The number of rotatable bonds is 7. The predicted molar refractivity (Wildman–Crippen MR) is 115 cm³/mol. The number of methoxy groups -OCH3 is 2. The lowest BCUT2D eigenvalue weighted by atomic mass is 9.99. The quantitative estimate of drug-likeness (QED) is 0.587. The molecule has 5 heteroatoms. The van der Waals surface area contributed by atoms with E-state index in [-0.39, 0.29) is 0 Å². The summed E-state index contributed by atoms with van der Waals surface area (Å²) >= 11 is 0. The van der Waals surface area contributed by atoms with Crippen LogP contribution in [0.5, 0.6) is 11.5 Å². The van der Waals surface area contributed by atoms with Crippen molar-refractivity contribution in [2.24, 2.45) is 4.99 Å². The van der Waals surface area contributed by atoms with E-state index in [9.17, 15) is 0 Å². The average Bonchev–Trinajstić information content (AvgIpc) is 3.24. The topological polar surface area (TPSA) is 46.1 Å². The molecule has 0 spiro atoms. The van der Waals surface area contributed by atoms with E-state index in [4.69, 9.17) is 14.5 Å². The van der Waals surface area contributed by atoms with Gasteiger partial charge in [-0.05, 0) is 43.0 Å². The molecule has 1 aliphatic heterocycles. The highest BCUT2D eigenvalue weighted by Crippen LogP contribution is 2.28. The van der Waals surface area contributed by atoms with Crippen molar-refractivity contribution in [3.05, 3.63) is 59.7 Å². The SMILES string of the molecule is CCNC(=NCCc1ccc(OC)c(OC)c1)N1CCC(c2ccccc2)C1. The van der Waals surface area contributed by atoms with Gasteiger partial charge in [-0.3, -0.25) is 4.99 Å². The predicted octanol–water partition coefficient (Wildman–Crippen LogP) is 3.70. The molecular weight excluding hydrogens is 350 g/mol. The second kappa shape index (κ2) is 10.0. The second-order valence-corrected chi connectivity index (χ2v) is 7.02. The molecule has 1 N–H and O–H groups in total. The lowest BCUT2D eigenvalue weighted by Gasteiger charge is -2.22. The highest BCUT2D eigenvalue weighted by atomic mass is 16.5. The first-order valence-corrected chi connectivity index (χ1v) is 10.0. The first kappa shape index (κ1) is 20.1. The van der Waals surface area contributed by atoms with Gasteiger partial charge in [-0.1, -0.05) is 36.4 Å². The standard InChI is InChI=1S/C23H31N3O2/c1-4-24-23(26-15-13-20(17-26)19-8-6-5-7-9-19)25-14-12-18-10-11-21(27-2)22(16-18)28-3/h5-11,16,20H,4,12-15,17H2,1-3H3,(H,24,25). The van der Waals surface area contributed by atoms with Gasteiger partial charge in [0.05, 0.1) is 14.2 Å². The largest absolute Gasteiger partial charge is 0.493 e. The van der Waals surface area contributed by atoms with Crippen molar-refractivity contribution in [1.29, 1.82) is 0 Å². The molecule has 2 aromatic rings. The van der Waals surface area contributed by atoms with Crippen LogP contribution in [-0.4, -0.2) is 51.3 Å². The van der Waals surface area contributed by atoms with Crippen molar-refractivity contribution >= 4 is 5.96 Å². The number of hydrogen-bond acceptors (Lipinski definition) is 3. The first-order chi connectivity index (χ1) is 13.7. The lowest BCUT2D eigenvalue weighted by Crippen LogP contribution is -2.40. The van der Waals surface area contributed by atoms with Crippen LogP contribution in [0.1, 0.15) is 30.4 Å². The lowest BCUT2D eigenvalue weighted by molar-refractivity contribution is 0.354. The molecule has 1 atom stereocenters. The molecule has 0 bridgehead atoms. The zero-order valence-corrected chi connectivity index (χ0v) is 17.1. The average molecular weight is 382 g/mol. The summed E-state index contributed by atoms with van der Waals surface area (Å²) in [5.41, 5.74) is 2.62. The van der Waals surface area contributed by atoms with Crippen LogP contribution in [0.15, 0.2) is 53.5 Å². The summed E-state index contributed by atoms with van der Waals surface area (Å²) in [6, 6.07) is 16.9. The molecule has 5 nitrogen and oxygen atoms in total. The number of ether oxygens (including phenoxy) is 2. The first-order valence-electron chi connectivity index (χ1n) is 10.0. The highest BCUT2D eigenvalue weighted by Gasteiger charge is 2.25. The number of hydrogen-bond donors (Lipinski definition) is 1. The molecule has 28 heavy (non-hydrogen) atoms. The van der Waals surface area contributed by atoms with Gasteiger partial charge < -0.3 is 19.7 Å². The van der Waals surface area contributed by atoms with Gasteiger partial charge in [-0.15, -0.1) is 0 Å². The van der Waals surface area contributed by atoms with E-state index in [1.165, 1.54) is 17.5 Å². The summed E-state index contributed by atoms with van der Waals surface area (Å²) in [6.07, 6.45) is 2.04. The smallest absolute Gasteiger partial charge is 0.193 e. The number of guanidine groups is 1. The molecule has 0 aliphatic carbocycles. The molecule has 3 rings (SSSR count). The molecule has 0 amide bonds. The van der Waals surface area contributed by atoms with Crippen molar-refractivity contribution in [2.45, 2.75) is 25.7 Å². The summed E-state index contributed by atoms with van der Waals surface area (Å²) in [6.45, 7) is 5.80. The molecule has 0 radical (unpaired) electrons. The molecular formula is C23H31N3O2. The second-order valence-electron chi connectivity index (χ2n) is 7.02. The highest BCUT2D eigenvalue weighted by molar-refractivity contribution is 5.80. The number of benzene rings is 2. The fourth-order valence-electron chi connectivity index (χ4n) is 3.70. The summed E-state index contributed by atoms with van der Waals surface area (Å²) < 4.78 is 10.7. The summed E-state index contributed by atoms with van der Waals surface area (Å²) in [5, 5.41) is 3.45. The molecule has 2 aromatic carbocycles. The minimum Gasteiger partial charge on any atom is -0.493 e.